The number of alkyl halides is 3. The maximum absolute atomic E-state index is 12.8. The molecule has 0 aliphatic heterocycles. The number of carbonyl (C=O) groups excluding carboxylic acids is 1. The highest BCUT2D eigenvalue weighted by Crippen LogP contribution is 2.24. The number of halogens is 3. The van der Waals surface area contributed by atoms with E-state index in [1.807, 2.05) is 0 Å². The van der Waals surface area contributed by atoms with Gasteiger partial charge in [-0.3, -0.25) is 0 Å². The van der Waals surface area contributed by atoms with Crippen LogP contribution >= 0.6 is 0 Å². The van der Waals surface area contributed by atoms with Gasteiger partial charge in [0.2, 0.25) is 10.0 Å². The quantitative estimate of drug-likeness (QED) is 0.648. The molecule has 0 fully saturated rings. The molecule has 11 heteroatoms. The Morgan fingerprint density at radius 2 is 1.58 bits per heavy atom. The van der Waals surface area contributed by atoms with E-state index in [0.29, 0.717) is 5.56 Å². The Bertz CT molecular complexity index is 973. The van der Waals surface area contributed by atoms with Crippen LogP contribution in [0.5, 0.6) is 5.75 Å². The van der Waals surface area contributed by atoms with Crippen molar-refractivity contribution >= 4 is 16.1 Å². The summed E-state index contributed by atoms with van der Waals surface area (Å²) in [6.45, 7) is 4.95. The van der Waals surface area contributed by atoms with E-state index in [4.69, 9.17) is 4.74 Å². The Kier molecular flexibility index (Phi) is 7.55. The van der Waals surface area contributed by atoms with Crippen molar-refractivity contribution in [1.29, 1.82) is 0 Å². The fourth-order valence-electron chi connectivity index (χ4n) is 2.49. The summed E-state index contributed by atoms with van der Waals surface area (Å²) >= 11 is 0. The maximum atomic E-state index is 12.8. The average molecular weight is 460 g/mol. The van der Waals surface area contributed by atoms with Gasteiger partial charge in [0.25, 0.3) is 0 Å². The summed E-state index contributed by atoms with van der Waals surface area (Å²) < 4.78 is 73.8. The van der Waals surface area contributed by atoms with Crippen molar-refractivity contribution < 1.29 is 35.9 Å². The molecule has 170 valence electrons. The van der Waals surface area contributed by atoms with Crippen LogP contribution in [-0.2, 0) is 14.8 Å². The van der Waals surface area contributed by atoms with Crippen molar-refractivity contribution in [2.75, 3.05) is 6.54 Å². The second-order valence-corrected chi connectivity index (χ2v) is 9.20. The molecule has 2 aromatic carbocycles. The zero-order valence-electron chi connectivity index (χ0n) is 17.1. The molecule has 0 aliphatic rings. The molecular weight excluding hydrogens is 437 g/mol. The molecule has 0 bridgehead atoms. The summed E-state index contributed by atoms with van der Waals surface area (Å²) in [6.07, 6.45) is -5.61. The van der Waals surface area contributed by atoms with Crippen molar-refractivity contribution in [3.8, 4) is 5.75 Å². The Morgan fingerprint density at radius 1 is 1.00 bits per heavy atom. The minimum absolute atomic E-state index is 0.118. The average Bonchev–Trinajstić information content (AvgIpc) is 2.63. The predicted molar refractivity (Wildman–Crippen MR) is 107 cm³/mol. The summed E-state index contributed by atoms with van der Waals surface area (Å²) in [5, 5.41) is 2.51. The van der Waals surface area contributed by atoms with E-state index in [-0.39, 0.29) is 11.4 Å². The highest BCUT2D eigenvalue weighted by atomic mass is 32.2. The zero-order valence-corrected chi connectivity index (χ0v) is 17.9. The summed E-state index contributed by atoms with van der Waals surface area (Å²) in [7, 11) is -4.13. The molecule has 0 radical (unpaired) electrons. The fraction of sp³-hybridized carbons (Fsp3) is 0.350. The van der Waals surface area contributed by atoms with E-state index < -0.39 is 39.9 Å². The Labute approximate surface area is 178 Å². The summed E-state index contributed by atoms with van der Waals surface area (Å²) in [4.78, 5) is 11.7. The van der Waals surface area contributed by atoms with Gasteiger partial charge in [-0.2, -0.15) is 0 Å². The molecule has 0 heterocycles. The molecule has 0 unspecified atom stereocenters. The molecule has 0 aliphatic carbocycles. The first-order valence-electron chi connectivity index (χ1n) is 9.15. The normalized spacial score (nSPS) is 13.4. The monoisotopic (exact) mass is 460 g/mol. The third-order valence-corrected chi connectivity index (χ3v) is 5.20. The largest absolute Gasteiger partial charge is 0.573 e. The van der Waals surface area contributed by atoms with E-state index in [0.717, 1.165) is 24.3 Å². The van der Waals surface area contributed by atoms with Crippen LogP contribution in [0, 0.1) is 0 Å². The standard InChI is InChI=1S/C20H23F3N2O5S/c1-19(2,3)30-18(26)24-13-17(14-7-5-4-6-8-14)25-31(27,28)16-11-9-15(10-12-16)29-20(21,22)23/h4-12,17,25H,13H2,1-3H3,(H,24,26)/t17-/m0/s1. The number of benzene rings is 2. The van der Waals surface area contributed by atoms with Crippen molar-refractivity contribution in [3.05, 3.63) is 60.2 Å². The number of nitrogens with one attached hydrogen (secondary N) is 2. The minimum Gasteiger partial charge on any atom is -0.444 e. The van der Waals surface area contributed by atoms with Gasteiger partial charge in [-0.1, -0.05) is 30.3 Å². The van der Waals surface area contributed by atoms with Crippen molar-refractivity contribution in [2.45, 2.75) is 43.7 Å². The number of alkyl carbamates (subject to hydrolysis) is 1. The lowest BCUT2D eigenvalue weighted by Crippen LogP contribution is -2.40. The van der Waals surface area contributed by atoms with Crippen molar-refractivity contribution in [3.63, 3.8) is 0 Å². The van der Waals surface area contributed by atoms with Gasteiger partial charge in [-0.15, -0.1) is 13.2 Å². The van der Waals surface area contributed by atoms with Gasteiger partial charge >= 0.3 is 12.5 Å². The molecule has 0 saturated heterocycles. The lowest BCUT2D eigenvalue weighted by molar-refractivity contribution is -0.274. The van der Waals surface area contributed by atoms with Crippen LogP contribution in [0.4, 0.5) is 18.0 Å². The maximum Gasteiger partial charge on any atom is 0.573 e. The second kappa shape index (κ2) is 9.56. The fourth-order valence-corrected chi connectivity index (χ4v) is 3.71. The molecule has 31 heavy (non-hydrogen) atoms. The van der Waals surface area contributed by atoms with E-state index in [9.17, 15) is 26.4 Å². The van der Waals surface area contributed by atoms with Gasteiger partial charge in [-0.05, 0) is 50.6 Å². The molecular formula is C20H23F3N2O5S. The molecule has 0 aromatic heterocycles. The molecule has 0 spiro atoms. The van der Waals surface area contributed by atoms with E-state index >= 15 is 0 Å². The Hall–Kier alpha value is -2.79. The van der Waals surface area contributed by atoms with Gasteiger partial charge in [0.15, 0.2) is 0 Å². The van der Waals surface area contributed by atoms with Gasteiger partial charge in [0.1, 0.15) is 11.4 Å². The number of hydrogen-bond donors (Lipinski definition) is 2. The van der Waals surface area contributed by atoms with E-state index in [1.165, 1.54) is 0 Å². The van der Waals surface area contributed by atoms with Crippen molar-refractivity contribution in [1.82, 2.24) is 10.0 Å². The van der Waals surface area contributed by atoms with E-state index in [1.54, 1.807) is 51.1 Å². The highest BCUT2D eigenvalue weighted by molar-refractivity contribution is 7.89. The van der Waals surface area contributed by atoms with Gasteiger partial charge in [0, 0.05) is 6.54 Å². The number of ether oxygens (including phenoxy) is 2. The molecule has 2 rings (SSSR count). The lowest BCUT2D eigenvalue weighted by atomic mass is 10.1. The number of sulfonamides is 1. The van der Waals surface area contributed by atoms with Crippen LogP contribution < -0.4 is 14.8 Å². The smallest absolute Gasteiger partial charge is 0.444 e. The second-order valence-electron chi connectivity index (χ2n) is 7.49. The highest BCUT2D eigenvalue weighted by Gasteiger charge is 2.31. The zero-order chi connectivity index (χ0) is 23.3. The van der Waals surface area contributed by atoms with Crippen LogP contribution in [0.2, 0.25) is 0 Å². The third-order valence-electron chi connectivity index (χ3n) is 3.72. The van der Waals surface area contributed by atoms with Crippen LogP contribution in [0.25, 0.3) is 0 Å². The van der Waals surface area contributed by atoms with Gasteiger partial charge in [0.05, 0.1) is 10.9 Å². The van der Waals surface area contributed by atoms with Crippen LogP contribution in [0.1, 0.15) is 32.4 Å². The molecule has 0 saturated carbocycles. The van der Waals surface area contributed by atoms with Crippen LogP contribution in [0.3, 0.4) is 0 Å². The number of carbonyl (C=O) groups is 1. The van der Waals surface area contributed by atoms with Crippen molar-refractivity contribution in [2.24, 2.45) is 0 Å². The SMILES string of the molecule is CC(C)(C)OC(=O)NC[C@H](NS(=O)(=O)c1ccc(OC(F)(F)F)cc1)c1ccccc1. The summed E-state index contributed by atoms with van der Waals surface area (Å²) in [5.74, 6) is -0.544. The summed E-state index contributed by atoms with van der Waals surface area (Å²) in [5.41, 5.74) is -0.161. The number of rotatable bonds is 7. The molecule has 1 atom stereocenters. The van der Waals surface area contributed by atoms with Crippen LogP contribution in [0.15, 0.2) is 59.5 Å². The topological polar surface area (TPSA) is 93.7 Å². The molecule has 2 N–H and O–H groups in total. The summed E-state index contributed by atoms with van der Waals surface area (Å²) in [6, 6.07) is 11.4. The predicted octanol–water partition coefficient (Wildman–Crippen LogP) is 4.13. The van der Waals surface area contributed by atoms with Crippen LogP contribution in [-0.4, -0.2) is 33.0 Å². The molecule has 1 amide bonds. The first kappa shape index (κ1) is 24.5. The number of hydrogen-bond acceptors (Lipinski definition) is 5. The molecule has 2 aromatic rings. The van der Waals surface area contributed by atoms with Gasteiger partial charge in [-0.25, -0.2) is 17.9 Å². The minimum atomic E-state index is -4.88. The van der Waals surface area contributed by atoms with Gasteiger partial charge < -0.3 is 14.8 Å². The first-order valence-corrected chi connectivity index (χ1v) is 10.6. The molecule has 7 nitrogen and oxygen atoms in total. The third kappa shape index (κ3) is 8.46. The number of amides is 1. The lowest BCUT2D eigenvalue weighted by Gasteiger charge is -2.23. The Balaban J connectivity index is 2.18. The van der Waals surface area contributed by atoms with E-state index in [2.05, 4.69) is 14.8 Å². The Morgan fingerprint density at radius 3 is 2.10 bits per heavy atom. The first-order chi connectivity index (χ1) is 14.3.